The summed E-state index contributed by atoms with van der Waals surface area (Å²) in [6, 6.07) is 10.4. The Morgan fingerprint density at radius 2 is 1.54 bits per heavy atom. The van der Waals surface area contributed by atoms with E-state index in [1.54, 1.807) is 18.2 Å². The summed E-state index contributed by atoms with van der Waals surface area (Å²) in [5.41, 5.74) is 0.937. The van der Waals surface area contributed by atoms with Crippen LogP contribution < -0.4 is 0 Å². The highest BCUT2D eigenvalue weighted by molar-refractivity contribution is 14.1. The molecule has 0 bridgehead atoms. The first kappa shape index (κ1) is 23.9. The van der Waals surface area contributed by atoms with Crippen molar-refractivity contribution in [2.45, 2.75) is 19.4 Å². The molecular formula is C18H18Cl2I2O4. The fourth-order valence-electron chi connectivity index (χ4n) is 1.84. The number of carbonyl (C=O) groups is 1. The van der Waals surface area contributed by atoms with E-state index in [-0.39, 0.29) is 17.2 Å². The van der Waals surface area contributed by atoms with Crippen molar-refractivity contribution in [2.75, 3.05) is 13.2 Å². The molecule has 0 saturated carbocycles. The average Bonchev–Trinajstić information content (AvgIpc) is 3.19. The van der Waals surface area contributed by atoms with Crippen LogP contribution in [-0.4, -0.2) is 29.4 Å². The van der Waals surface area contributed by atoms with E-state index in [4.69, 9.17) is 38.2 Å². The summed E-state index contributed by atoms with van der Waals surface area (Å²) in [5, 5.41) is 18.3. The second kappa shape index (κ2) is 13.1. The molecule has 26 heavy (non-hydrogen) atoms. The number of carboxylic acids is 1. The number of hydrogen-bond acceptors (Lipinski definition) is 3. The van der Waals surface area contributed by atoms with Crippen molar-refractivity contribution in [1.82, 2.24) is 0 Å². The zero-order valence-corrected chi connectivity index (χ0v) is 19.5. The molecule has 4 nitrogen and oxygen atoms in total. The Labute approximate surface area is 190 Å². The zero-order chi connectivity index (χ0) is 19.5. The first-order valence-corrected chi connectivity index (χ1v) is 10.6. The van der Waals surface area contributed by atoms with Crippen LogP contribution in [0.2, 0.25) is 10.0 Å². The summed E-state index contributed by atoms with van der Waals surface area (Å²) in [5.74, 6) is -0.992. The summed E-state index contributed by atoms with van der Waals surface area (Å²) >= 11 is 15.5. The Morgan fingerprint density at radius 1 is 1.00 bits per heavy atom. The number of aliphatic hydroxyl groups excluding tert-OH is 1. The van der Waals surface area contributed by atoms with Gasteiger partial charge in [0.2, 0.25) is 0 Å². The standard InChI is InChI=1S/C7H4ClIO2.C7H6ClIO.C4H8O/c8-6-2-1-4(9)3-5(6)7(10)11;8-7-2-1-6(9)3-5(7)4-10;1-2-4-5-3-1/h1-3H,(H,10,11);1-3,10H,4H2;1-4H2. The molecule has 0 unspecified atom stereocenters. The van der Waals surface area contributed by atoms with Crippen LogP contribution in [-0.2, 0) is 11.3 Å². The van der Waals surface area contributed by atoms with Crippen LogP contribution in [0.4, 0.5) is 0 Å². The predicted octanol–water partition coefficient (Wildman–Crippen LogP) is 5.88. The van der Waals surface area contributed by atoms with E-state index in [1.165, 1.54) is 18.9 Å². The van der Waals surface area contributed by atoms with Crippen molar-refractivity contribution in [3.63, 3.8) is 0 Å². The normalized spacial score (nSPS) is 12.5. The van der Waals surface area contributed by atoms with Crippen molar-refractivity contribution < 1.29 is 19.7 Å². The van der Waals surface area contributed by atoms with Gasteiger partial charge < -0.3 is 14.9 Å². The Bertz CT molecular complexity index is 715. The van der Waals surface area contributed by atoms with Gasteiger partial charge in [-0.3, -0.25) is 0 Å². The van der Waals surface area contributed by atoms with Crippen LogP contribution in [0.15, 0.2) is 36.4 Å². The number of benzene rings is 2. The molecule has 1 heterocycles. The molecule has 0 aliphatic carbocycles. The molecule has 0 atom stereocenters. The number of carboxylic acid groups (broad SMARTS) is 1. The molecule has 0 aromatic heterocycles. The van der Waals surface area contributed by atoms with Crippen molar-refractivity contribution in [3.05, 3.63) is 64.7 Å². The second-order valence-corrected chi connectivity index (χ2v) is 8.45. The highest BCUT2D eigenvalue weighted by Crippen LogP contribution is 2.19. The monoisotopic (exact) mass is 622 g/mol. The van der Waals surface area contributed by atoms with Gasteiger partial charge in [0.15, 0.2) is 0 Å². The van der Waals surface area contributed by atoms with Gasteiger partial charge in [-0.1, -0.05) is 23.2 Å². The summed E-state index contributed by atoms with van der Waals surface area (Å²) in [6.45, 7) is 2.01. The van der Waals surface area contributed by atoms with E-state index in [1.807, 2.05) is 34.7 Å². The van der Waals surface area contributed by atoms with E-state index in [9.17, 15) is 4.79 Å². The molecule has 2 N–H and O–H groups in total. The highest BCUT2D eigenvalue weighted by atomic mass is 127. The minimum absolute atomic E-state index is 0.00960. The third kappa shape index (κ3) is 9.18. The highest BCUT2D eigenvalue weighted by Gasteiger charge is 2.07. The van der Waals surface area contributed by atoms with Gasteiger partial charge in [0.1, 0.15) is 0 Å². The number of aliphatic hydroxyl groups is 1. The Kier molecular flexibility index (Phi) is 12.1. The Balaban J connectivity index is 0.000000208. The Morgan fingerprint density at radius 3 is 1.92 bits per heavy atom. The van der Waals surface area contributed by atoms with E-state index < -0.39 is 5.97 Å². The summed E-state index contributed by atoms with van der Waals surface area (Å²) < 4.78 is 6.90. The average molecular weight is 623 g/mol. The van der Waals surface area contributed by atoms with Gasteiger partial charge in [0.05, 0.1) is 17.2 Å². The van der Waals surface area contributed by atoms with Crippen LogP contribution in [0.25, 0.3) is 0 Å². The third-order valence-electron chi connectivity index (χ3n) is 3.16. The zero-order valence-electron chi connectivity index (χ0n) is 13.7. The summed E-state index contributed by atoms with van der Waals surface area (Å²) in [7, 11) is 0. The maximum Gasteiger partial charge on any atom is 0.337 e. The number of rotatable bonds is 2. The molecule has 2 aromatic rings. The van der Waals surface area contributed by atoms with E-state index >= 15 is 0 Å². The van der Waals surface area contributed by atoms with Crippen LogP contribution in [0.5, 0.6) is 0 Å². The molecule has 1 aliphatic rings. The van der Waals surface area contributed by atoms with Gasteiger partial charge in [-0.15, -0.1) is 0 Å². The maximum absolute atomic E-state index is 10.5. The molecule has 0 radical (unpaired) electrons. The molecule has 2 aromatic carbocycles. The first-order chi connectivity index (χ1) is 12.3. The molecule has 0 amide bonds. The van der Waals surface area contributed by atoms with Crippen LogP contribution in [0.1, 0.15) is 28.8 Å². The van der Waals surface area contributed by atoms with Crippen LogP contribution in [0, 0.1) is 7.14 Å². The predicted molar refractivity (Wildman–Crippen MR) is 121 cm³/mol. The van der Waals surface area contributed by atoms with Gasteiger partial charge in [0, 0.05) is 25.4 Å². The molecular weight excluding hydrogens is 605 g/mol. The molecule has 8 heteroatoms. The van der Waals surface area contributed by atoms with Crippen molar-refractivity contribution in [1.29, 1.82) is 0 Å². The molecule has 0 spiro atoms. The van der Waals surface area contributed by atoms with Gasteiger partial charge in [-0.05, 0) is 100.0 Å². The number of ether oxygens (including phenoxy) is 1. The lowest BCUT2D eigenvalue weighted by Crippen LogP contribution is -1.97. The number of halogens is 4. The number of hydrogen-bond donors (Lipinski definition) is 2. The number of aromatic carboxylic acids is 1. The molecule has 1 saturated heterocycles. The van der Waals surface area contributed by atoms with Crippen LogP contribution >= 0.6 is 68.4 Å². The second-order valence-electron chi connectivity index (χ2n) is 5.14. The lowest BCUT2D eigenvalue weighted by molar-refractivity contribution is 0.0697. The third-order valence-corrected chi connectivity index (χ3v) is 5.20. The van der Waals surface area contributed by atoms with E-state index in [0.29, 0.717) is 5.02 Å². The smallest absolute Gasteiger partial charge is 0.337 e. The molecule has 1 fully saturated rings. The largest absolute Gasteiger partial charge is 0.478 e. The quantitative estimate of drug-likeness (QED) is 0.411. The van der Waals surface area contributed by atoms with Gasteiger partial charge >= 0.3 is 5.97 Å². The van der Waals surface area contributed by atoms with Crippen LogP contribution in [0.3, 0.4) is 0 Å². The van der Waals surface area contributed by atoms with Crippen molar-refractivity contribution in [3.8, 4) is 0 Å². The van der Waals surface area contributed by atoms with Gasteiger partial charge in [-0.2, -0.15) is 0 Å². The van der Waals surface area contributed by atoms with Crippen molar-refractivity contribution >= 4 is 74.4 Å². The molecule has 1 aliphatic heterocycles. The molecule has 142 valence electrons. The van der Waals surface area contributed by atoms with Crippen molar-refractivity contribution in [2.24, 2.45) is 0 Å². The summed E-state index contributed by atoms with van der Waals surface area (Å²) in [4.78, 5) is 10.5. The van der Waals surface area contributed by atoms with Gasteiger partial charge in [0.25, 0.3) is 0 Å². The lowest BCUT2D eigenvalue weighted by atomic mass is 10.2. The Hall–Kier alpha value is -0.130. The first-order valence-electron chi connectivity index (χ1n) is 7.66. The van der Waals surface area contributed by atoms with E-state index in [2.05, 4.69) is 22.6 Å². The fourth-order valence-corrected chi connectivity index (χ4v) is 3.26. The SMILES string of the molecule is C1CCOC1.O=C(O)c1cc(I)ccc1Cl.OCc1cc(I)ccc1Cl. The molecule has 3 rings (SSSR count). The fraction of sp³-hybridized carbons (Fsp3) is 0.278. The minimum atomic E-state index is -0.992. The van der Waals surface area contributed by atoms with Gasteiger partial charge in [-0.25, -0.2) is 4.79 Å². The van der Waals surface area contributed by atoms with E-state index in [0.717, 1.165) is 25.9 Å². The summed E-state index contributed by atoms with van der Waals surface area (Å²) in [6.07, 6.45) is 2.56. The minimum Gasteiger partial charge on any atom is -0.478 e. The topological polar surface area (TPSA) is 66.8 Å². The lowest BCUT2D eigenvalue weighted by Gasteiger charge is -1.98. The maximum atomic E-state index is 10.5.